The Balaban J connectivity index is 1.62. The van der Waals surface area contributed by atoms with Crippen LogP contribution in [0.3, 0.4) is 0 Å². The first-order valence-electron chi connectivity index (χ1n) is 7.89. The topological polar surface area (TPSA) is 95.4 Å². The van der Waals surface area contributed by atoms with Crippen LogP contribution in [0.15, 0.2) is 36.8 Å². The van der Waals surface area contributed by atoms with Crippen molar-refractivity contribution in [3.8, 4) is 0 Å². The number of aromatic carboxylic acids is 1. The molecule has 8 heteroatoms. The molecule has 3 rings (SSSR count). The Bertz CT molecular complexity index is 777. The van der Waals surface area contributed by atoms with Gasteiger partial charge in [0.1, 0.15) is 11.6 Å². The Labute approximate surface area is 143 Å². The van der Waals surface area contributed by atoms with Crippen LogP contribution in [0.1, 0.15) is 23.2 Å². The van der Waals surface area contributed by atoms with E-state index < -0.39 is 11.8 Å². The lowest BCUT2D eigenvalue weighted by atomic mass is 9.95. The fraction of sp³-hybridized carbons (Fsp3) is 0.294. The molecule has 130 valence electrons. The Morgan fingerprint density at radius 2 is 2.00 bits per heavy atom. The molecule has 0 atom stereocenters. The minimum absolute atomic E-state index is 0.0748. The average Bonchev–Trinajstić information content (AvgIpc) is 2.64. The maximum atomic E-state index is 13.8. The van der Waals surface area contributed by atoms with E-state index in [4.69, 9.17) is 5.11 Å². The molecular formula is C17H17FN4O3. The number of carbonyl (C=O) groups excluding carboxylic acids is 1. The number of carboxylic acids is 1. The van der Waals surface area contributed by atoms with Gasteiger partial charge in [0.05, 0.1) is 17.4 Å². The van der Waals surface area contributed by atoms with Gasteiger partial charge >= 0.3 is 5.97 Å². The van der Waals surface area contributed by atoms with E-state index in [0.29, 0.717) is 25.9 Å². The summed E-state index contributed by atoms with van der Waals surface area (Å²) in [4.78, 5) is 33.7. The van der Waals surface area contributed by atoms with Crippen molar-refractivity contribution in [3.05, 3.63) is 48.2 Å². The van der Waals surface area contributed by atoms with E-state index in [1.165, 1.54) is 0 Å². The van der Waals surface area contributed by atoms with E-state index in [1.807, 2.05) is 4.90 Å². The SMILES string of the molecule is O=C(O)c1ccc(F)c(NC(=O)C2CCN(c3cnccn3)CC2)c1. The van der Waals surface area contributed by atoms with Crippen molar-refractivity contribution in [2.24, 2.45) is 5.92 Å². The van der Waals surface area contributed by atoms with Gasteiger partial charge in [-0.15, -0.1) is 0 Å². The third-order valence-electron chi connectivity index (χ3n) is 4.21. The van der Waals surface area contributed by atoms with Gasteiger partial charge in [0.2, 0.25) is 5.91 Å². The molecule has 0 bridgehead atoms. The van der Waals surface area contributed by atoms with Gasteiger partial charge < -0.3 is 15.3 Å². The average molecular weight is 344 g/mol. The van der Waals surface area contributed by atoms with E-state index >= 15 is 0 Å². The van der Waals surface area contributed by atoms with Gasteiger partial charge in [0.25, 0.3) is 0 Å². The number of nitrogens with one attached hydrogen (secondary N) is 1. The number of halogens is 1. The van der Waals surface area contributed by atoms with Crippen molar-refractivity contribution in [3.63, 3.8) is 0 Å². The van der Waals surface area contributed by atoms with Crippen molar-refractivity contribution in [1.82, 2.24) is 9.97 Å². The third-order valence-corrected chi connectivity index (χ3v) is 4.21. The maximum absolute atomic E-state index is 13.8. The van der Waals surface area contributed by atoms with Crippen LogP contribution in [-0.2, 0) is 4.79 Å². The van der Waals surface area contributed by atoms with E-state index in [-0.39, 0.29) is 23.1 Å². The van der Waals surface area contributed by atoms with Crippen molar-refractivity contribution >= 4 is 23.4 Å². The first-order chi connectivity index (χ1) is 12.0. The molecule has 0 aliphatic carbocycles. The number of aromatic nitrogens is 2. The molecule has 25 heavy (non-hydrogen) atoms. The van der Waals surface area contributed by atoms with Crippen LogP contribution >= 0.6 is 0 Å². The van der Waals surface area contributed by atoms with E-state index in [1.54, 1.807) is 18.6 Å². The number of carboxylic acid groups (broad SMARTS) is 1. The van der Waals surface area contributed by atoms with Crippen molar-refractivity contribution in [1.29, 1.82) is 0 Å². The van der Waals surface area contributed by atoms with Crippen LogP contribution in [-0.4, -0.2) is 40.0 Å². The molecule has 1 aromatic heterocycles. The number of hydrogen-bond acceptors (Lipinski definition) is 5. The molecule has 2 heterocycles. The van der Waals surface area contributed by atoms with Gasteiger partial charge in [0, 0.05) is 31.4 Å². The second-order valence-electron chi connectivity index (χ2n) is 5.81. The van der Waals surface area contributed by atoms with Crippen LogP contribution in [0.2, 0.25) is 0 Å². The molecule has 2 aromatic rings. The molecule has 1 saturated heterocycles. The van der Waals surface area contributed by atoms with Gasteiger partial charge in [0.15, 0.2) is 0 Å². The first-order valence-corrected chi connectivity index (χ1v) is 7.89. The van der Waals surface area contributed by atoms with Gasteiger partial charge in [-0.25, -0.2) is 14.2 Å². The standard InChI is InChI=1S/C17H17FN4O3/c18-13-2-1-12(17(24)25)9-14(13)21-16(23)11-3-7-22(8-4-11)15-10-19-5-6-20-15/h1-2,5-6,9-11H,3-4,7-8H2,(H,21,23)(H,24,25). The molecule has 0 radical (unpaired) electrons. The fourth-order valence-corrected chi connectivity index (χ4v) is 2.81. The monoisotopic (exact) mass is 344 g/mol. The number of carbonyl (C=O) groups is 2. The van der Waals surface area contributed by atoms with E-state index in [0.717, 1.165) is 24.0 Å². The summed E-state index contributed by atoms with van der Waals surface area (Å²) >= 11 is 0. The van der Waals surface area contributed by atoms with Gasteiger partial charge in [-0.1, -0.05) is 0 Å². The second-order valence-corrected chi connectivity index (χ2v) is 5.81. The number of nitrogens with zero attached hydrogens (tertiary/aromatic N) is 3. The molecule has 0 saturated carbocycles. The zero-order valence-electron chi connectivity index (χ0n) is 13.4. The van der Waals surface area contributed by atoms with Crippen LogP contribution < -0.4 is 10.2 Å². The zero-order chi connectivity index (χ0) is 17.8. The van der Waals surface area contributed by atoms with Crippen LogP contribution in [0, 0.1) is 11.7 Å². The van der Waals surface area contributed by atoms with Crippen molar-refractivity contribution in [2.45, 2.75) is 12.8 Å². The third kappa shape index (κ3) is 3.90. The molecule has 1 aromatic carbocycles. The minimum atomic E-state index is -1.17. The van der Waals surface area contributed by atoms with Crippen molar-refractivity contribution < 1.29 is 19.1 Å². The first kappa shape index (κ1) is 16.8. The largest absolute Gasteiger partial charge is 0.478 e. The number of rotatable bonds is 4. The summed E-state index contributed by atoms with van der Waals surface area (Å²) in [5, 5.41) is 11.5. The highest BCUT2D eigenvalue weighted by atomic mass is 19.1. The van der Waals surface area contributed by atoms with Gasteiger partial charge in [-0.3, -0.25) is 9.78 Å². The van der Waals surface area contributed by atoms with Crippen LogP contribution in [0.25, 0.3) is 0 Å². The lowest BCUT2D eigenvalue weighted by Gasteiger charge is -2.31. The van der Waals surface area contributed by atoms with Crippen molar-refractivity contribution in [2.75, 3.05) is 23.3 Å². The summed E-state index contributed by atoms with van der Waals surface area (Å²) in [5.74, 6) is -1.63. The fourth-order valence-electron chi connectivity index (χ4n) is 2.81. The number of amides is 1. The Morgan fingerprint density at radius 3 is 2.64 bits per heavy atom. The summed E-state index contributed by atoms with van der Waals surface area (Å²) in [7, 11) is 0. The second kappa shape index (κ2) is 7.25. The van der Waals surface area contributed by atoms with E-state index in [9.17, 15) is 14.0 Å². The summed E-state index contributed by atoms with van der Waals surface area (Å²) < 4.78 is 13.8. The molecule has 1 aliphatic rings. The minimum Gasteiger partial charge on any atom is -0.478 e. The van der Waals surface area contributed by atoms with Gasteiger partial charge in [-0.2, -0.15) is 0 Å². The number of benzene rings is 1. The van der Waals surface area contributed by atoms with Crippen LogP contribution in [0.5, 0.6) is 0 Å². The Morgan fingerprint density at radius 1 is 1.24 bits per heavy atom. The molecule has 0 unspecified atom stereocenters. The summed E-state index contributed by atoms with van der Waals surface area (Å²) in [6.45, 7) is 1.29. The normalized spacial score (nSPS) is 15.0. The molecular weight excluding hydrogens is 327 g/mol. The molecule has 7 nitrogen and oxygen atoms in total. The smallest absolute Gasteiger partial charge is 0.335 e. The molecule has 1 amide bonds. The summed E-state index contributed by atoms with van der Waals surface area (Å²) in [6.07, 6.45) is 6.09. The predicted octanol–water partition coefficient (Wildman–Crippen LogP) is 2.17. The molecule has 1 fully saturated rings. The Kier molecular flexibility index (Phi) is 4.87. The molecule has 1 aliphatic heterocycles. The number of hydrogen-bond donors (Lipinski definition) is 2. The van der Waals surface area contributed by atoms with Crippen LogP contribution in [0.4, 0.5) is 15.9 Å². The highest BCUT2D eigenvalue weighted by Crippen LogP contribution is 2.24. The maximum Gasteiger partial charge on any atom is 0.335 e. The molecule has 2 N–H and O–H groups in total. The number of anilines is 2. The quantitative estimate of drug-likeness (QED) is 0.882. The highest BCUT2D eigenvalue weighted by molar-refractivity contribution is 5.95. The lowest BCUT2D eigenvalue weighted by Crippen LogP contribution is -2.38. The molecule has 0 spiro atoms. The highest BCUT2D eigenvalue weighted by Gasteiger charge is 2.26. The van der Waals surface area contributed by atoms with Gasteiger partial charge in [-0.05, 0) is 31.0 Å². The Hall–Kier alpha value is -3.03. The number of piperidine rings is 1. The lowest BCUT2D eigenvalue weighted by molar-refractivity contribution is -0.120. The summed E-state index contributed by atoms with van der Waals surface area (Å²) in [6, 6.07) is 3.33. The zero-order valence-corrected chi connectivity index (χ0v) is 13.4. The van der Waals surface area contributed by atoms with E-state index in [2.05, 4.69) is 15.3 Å². The predicted molar refractivity (Wildman–Crippen MR) is 89.0 cm³/mol. The summed E-state index contributed by atoms with van der Waals surface area (Å²) in [5.41, 5.74) is -0.185.